The molecule has 0 bridgehead atoms. The van der Waals surface area contributed by atoms with Crippen LogP contribution in [0.5, 0.6) is 0 Å². The van der Waals surface area contributed by atoms with Crippen molar-refractivity contribution in [1.29, 1.82) is 0 Å². The summed E-state index contributed by atoms with van der Waals surface area (Å²) in [6.07, 6.45) is 3.27. The molecule has 5 heteroatoms. The van der Waals surface area contributed by atoms with E-state index in [1.54, 1.807) is 12.5 Å². The van der Waals surface area contributed by atoms with Crippen molar-refractivity contribution in [2.45, 2.75) is 6.54 Å². The highest BCUT2D eigenvalue weighted by Crippen LogP contribution is 2.14. The van der Waals surface area contributed by atoms with Gasteiger partial charge in [0.1, 0.15) is 11.6 Å². The van der Waals surface area contributed by atoms with Crippen LogP contribution in [-0.4, -0.2) is 10.2 Å². The summed E-state index contributed by atoms with van der Waals surface area (Å²) in [7, 11) is 0. The molecule has 2 rings (SSSR count). The van der Waals surface area contributed by atoms with E-state index < -0.39 is 0 Å². The van der Waals surface area contributed by atoms with Crippen LogP contribution in [0.3, 0.4) is 0 Å². The molecule has 13 heavy (non-hydrogen) atoms. The van der Waals surface area contributed by atoms with Crippen LogP contribution >= 0.6 is 0 Å². The van der Waals surface area contributed by atoms with Crippen LogP contribution < -0.4 is 11.1 Å². The SMILES string of the molecule is Nc1[nH]ncc1NCc1ccco1. The van der Waals surface area contributed by atoms with Crippen molar-refractivity contribution in [2.75, 3.05) is 11.1 Å². The van der Waals surface area contributed by atoms with Gasteiger partial charge < -0.3 is 15.5 Å². The lowest BCUT2D eigenvalue weighted by Gasteiger charge is -2.00. The van der Waals surface area contributed by atoms with E-state index in [1.165, 1.54) is 0 Å². The smallest absolute Gasteiger partial charge is 0.142 e. The predicted molar refractivity (Wildman–Crippen MR) is 49.0 cm³/mol. The van der Waals surface area contributed by atoms with Gasteiger partial charge in [0.2, 0.25) is 0 Å². The molecular formula is C8H10N4O. The molecule has 2 aromatic heterocycles. The molecule has 0 saturated heterocycles. The van der Waals surface area contributed by atoms with Gasteiger partial charge in [-0.2, -0.15) is 5.10 Å². The summed E-state index contributed by atoms with van der Waals surface area (Å²) in [6.45, 7) is 0.608. The van der Waals surface area contributed by atoms with Crippen LogP contribution in [0.2, 0.25) is 0 Å². The van der Waals surface area contributed by atoms with E-state index in [0.717, 1.165) is 11.4 Å². The van der Waals surface area contributed by atoms with Gasteiger partial charge in [0, 0.05) is 0 Å². The molecule has 0 radical (unpaired) electrons. The van der Waals surface area contributed by atoms with Crippen molar-refractivity contribution in [2.24, 2.45) is 0 Å². The zero-order valence-electron chi connectivity index (χ0n) is 6.95. The highest BCUT2D eigenvalue weighted by atomic mass is 16.3. The van der Waals surface area contributed by atoms with E-state index in [9.17, 15) is 0 Å². The van der Waals surface area contributed by atoms with Gasteiger partial charge in [-0.3, -0.25) is 5.10 Å². The zero-order chi connectivity index (χ0) is 9.10. The Kier molecular flexibility index (Phi) is 1.91. The molecule has 0 aliphatic carbocycles. The number of hydrogen-bond donors (Lipinski definition) is 3. The molecule has 0 aliphatic rings. The summed E-state index contributed by atoms with van der Waals surface area (Å²) in [5.41, 5.74) is 6.36. The number of hydrogen-bond acceptors (Lipinski definition) is 4. The predicted octanol–water partition coefficient (Wildman–Crippen LogP) is 1.20. The molecule has 68 valence electrons. The Balaban J connectivity index is 1.97. The molecule has 2 heterocycles. The highest BCUT2D eigenvalue weighted by Gasteiger charge is 2.00. The second-order valence-electron chi connectivity index (χ2n) is 2.63. The van der Waals surface area contributed by atoms with Gasteiger partial charge in [-0.25, -0.2) is 0 Å². The van der Waals surface area contributed by atoms with Crippen LogP contribution in [-0.2, 0) is 6.54 Å². The summed E-state index contributed by atoms with van der Waals surface area (Å²) < 4.78 is 5.14. The number of H-pyrrole nitrogens is 1. The number of nitrogens with one attached hydrogen (secondary N) is 2. The summed E-state index contributed by atoms with van der Waals surface area (Å²) in [4.78, 5) is 0. The fourth-order valence-corrected chi connectivity index (χ4v) is 1.03. The van der Waals surface area contributed by atoms with Gasteiger partial charge in [-0.1, -0.05) is 0 Å². The Morgan fingerprint density at radius 2 is 2.54 bits per heavy atom. The van der Waals surface area contributed by atoms with E-state index in [1.807, 2.05) is 12.1 Å². The summed E-state index contributed by atoms with van der Waals surface area (Å²) >= 11 is 0. The third kappa shape index (κ3) is 1.64. The van der Waals surface area contributed by atoms with Gasteiger partial charge in [-0.05, 0) is 12.1 Å². The van der Waals surface area contributed by atoms with Gasteiger partial charge in [0.25, 0.3) is 0 Å². The van der Waals surface area contributed by atoms with Crippen molar-refractivity contribution >= 4 is 11.5 Å². The first-order valence-electron chi connectivity index (χ1n) is 3.91. The highest BCUT2D eigenvalue weighted by molar-refractivity contribution is 5.59. The van der Waals surface area contributed by atoms with E-state index in [-0.39, 0.29) is 0 Å². The molecule has 4 N–H and O–H groups in total. The molecule has 0 saturated carbocycles. The Bertz CT molecular complexity index is 365. The van der Waals surface area contributed by atoms with E-state index in [2.05, 4.69) is 15.5 Å². The molecule has 0 spiro atoms. The van der Waals surface area contributed by atoms with Crippen molar-refractivity contribution in [3.63, 3.8) is 0 Å². The summed E-state index contributed by atoms with van der Waals surface area (Å²) in [5.74, 6) is 1.40. The molecule has 0 aromatic carbocycles. The first-order valence-corrected chi connectivity index (χ1v) is 3.91. The number of rotatable bonds is 3. The molecule has 2 aromatic rings. The topological polar surface area (TPSA) is 79.9 Å². The van der Waals surface area contributed by atoms with Crippen molar-refractivity contribution in [3.8, 4) is 0 Å². The van der Waals surface area contributed by atoms with Crippen LogP contribution in [0.1, 0.15) is 5.76 Å². The third-order valence-corrected chi connectivity index (χ3v) is 1.70. The standard InChI is InChI=1S/C8H10N4O/c9-8-7(5-11-12-8)10-4-6-2-1-3-13-6/h1-3,5,10H,4H2,(H3,9,11,12). The number of aromatic amines is 1. The molecule has 0 unspecified atom stereocenters. The Morgan fingerprint density at radius 3 is 3.15 bits per heavy atom. The number of nitrogens with zero attached hydrogens (tertiary/aromatic N) is 1. The Hall–Kier alpha value is -1.91. The van der Waals surface area contributed by atoms with Gasteiger partial charge in [-0.15, -0.1) is 0 Å². The summed E-state index contributed by atoms with van der Waals surface area (Å²) in [5, 5.41) is 9.49. The minimum atomic E-state index is 0.534. The minimum Gasteiger partial charge on any atom is -0.467 e. The molecule has 0 amide bonds. The van der Waals surface area contributed by atoms with Crippen LogP contribution in [0, 0.1) is 0 Å². The number of nitrogens with two attached hydrogens (primary N) is 1. The minimum absolute atomic E-state index is 0.534. The Labute approximate surface area is 74.9 Å². The van der Waals surface area contributed by atoms with Crippen LogP contribution in [0.15, 0.2) is 29.0 Å². The fraction of sp³-hybridized carbons (Fsp3) is 0.125. The number of furan rings is 1. The molecule has 0 aliphatic heterocycles. The molecule has 0 fully saturated rings. The lowest BCUT2D eigenvalue weighted by Crippen LogP contribution is -1.99. The molecular weight excluding hydrogens is 168 g/mol. The van der Waals surface area contributed by atoms with E-state index in [4.69, 9.17) is 10.2 Å². The average Bonchev–Trinajstić information content (AvgIpc) is 2.72. The maximum atomic E-state index is 5.57. The lowest BCUT2D eigenvalue weighted by molar-refractivity contribution is 0.518. The third-order valence-electron chi connectivity index (χ3n) is 1.70. The van der Waals surface area contributed by atoms with Crippen molar-refractivity contribution < 1.29 is 4.42 Å². The first-order chi connectivity index (χ1) is 6.36. The summed E-state index contributed by atoms with van der Waals surface area (Å²) in [6, 6.07) is 3.74. The maximum Gasteiger partial charge on any atom is 0.142 e. The monoisotopic (exact) mass is 178 g/mol. The fourth-order valence-electron chi connectivity index (χ4n) is 1.03. The lowest BCUT2D eigenvalue weighted by atomic mass is 10.4. The van der Waals surface area contributed by atoms with E-state index >= 15 is 0 Å². The molecule has 0 atom stereocenters. The second kappa shape index (κ2) is 3.22. The molecule has 5 nitrogen and oxygen atoms in total. The van der Waals surface area contributed by atoms with Gasteiger partial charge in [0.15, 0.2) is 0 Å². The normalized spacial score (nSPS) is 10.2. The van der Waals surface area contributed by atoms with Crippen molar-refractivity contribution in [3.05, 3.63) is 30.4 Å². The van der Waals surface area contributed by atoms with Gasteiger partial charge >= 0.3 is 0 Å². The van der Waals surface area contributed by atoms with E-state index in [0.29, 0.717) is 12.4 Å². The number of anilines is 2. The average molecular weight is 178 g/mol. The maximum absolute atomic E-state index is 5.57. The largest absolute Gasteiger partial charge is 0.467 e. The quantitative estimate of drug-likeness (QED) is 0.659. The van der Waals surface area contributed by atoms with Crippen LogP contribution in [0.25, 0.3) is 0 Å². The number of nitrogen functional groups attached to an aromatic ring is 1. The zero-order valence-corrected chi connectivity index (χ0v) is 6.95. The first kappa shape index (κ1) is 7.72. The van der Waals surface area contributed by atoms with Crippen molar-refractivity contribution in [1.82, 2.24) is 10.2 Å². The van der Waals surface area contributed by atoms with Gasteiger partial charge in [0.05, 0.1) is 24.7 Å². The Morgan fingerprint density at radius 1 is 1.62 bits per heavy atom. The van der Waals surface area contributed by atoms with Crippen LogP contribution in [0.4, 0.5) is 11.5 Å². The second-order valence-corrected chi connectivity index (χ2v) is 2.63. The number of aromatic nitrogens is 2.